The van der Waals surface area contributed by atoms with Crippen molar-refractivity contribution in [2.24, 2.45) is 0 Å². The maximum absolute atomic E-state index is 13.1. The van der Waals surface area contributed by atoms with Gasteiger partial charge in [0.25, 0.3) is 5.56 Å². The van der Waals surface area contributed by atoms with Crippen LogP contribution in [0.2, 0.25) is 5.02 Å². The maximum Gasteiger partial charge on any atom is 0.276 e. The average Bonchev–Trinajstić information content (AvgIpc) is 3.15. The molecule has 1 atom stereocenters. The number of hydrogen-bond acceptors (Lipinski definition) is 5. The molecule has 1 aliphatic heterocycles. The summed E-state index contributed by atoms with van der Waals surface area (Å²) in [4.78, 5) is 32.5. The van der Waals surface area contributed by atoms with Crippen LogP contribution in [0.3, 0.4) is 0 Å². The van der Waals surface area contributed by atoms with Crippen LogP contribution in [0.15, 0.2) is 45.7 Å². The van der Waals surface area contributed by atoms with Crippen LogP contribution < -0.4 is 5.56 Å². The minimum atomic E-state index is -0.136. The summed E-state index contributed by atoms with van der Waals surface area (Å²) in [5.74, 6) is 0.349. The van der Waals surface area contributed by atoms with E-state index >= 15 is 0 Å². The van der Waals surface area contributed by atoms with E-state index in [4.69, 9.17) is 11.6 Å². The lowest BCUT2D eigenvalue weighted by Crippen LogP contribution is -2.43. The van der Waals surface area contributed by atoms with Gasteiger partial charge >= 0.3 is 0 Å². The number of amides is 1. The van der Waals surface area contributed by atoms with Crippen molar-refractivity contribution in [1.29, 1.82) is 0 Å². The fourth-order valence-corrected chi connectivity index (χ4v) is 5.35. The molecule has 0 bridgehead atoms. The molecule has 28 heavy (non-hydrogen) atoms. The molecule has 4 rings (SSSR count). The first-order valence-corrected chi connectivity index (χ1v) is 11.5. The lowest BCUT2D eigenvalue weighted by Gasteiger charge is -2.33. The van der Waals surface area contributed by atoms with Crippen molar-refractivity contribution in [2.45, 2.75) is 37.4 Å². The van der Waals surface area contributed by atoms with Gasteiger partial charge < -0.3 is 4.90 Å². The second-order valence-electron chi connectivity index (χ2n) is 6.87. The number of halogens is 1. The molecule has 3 heterocycles. The van der Waals surface area contributed by atoms with E-state index in [9.17, 15) is 9.59 Å². The number of benzene rings is 1. The summed E-state index contributed by atoms with van der Waals surface area (Å²) >= 11 is 8.82. The number of fused-ring (bicyclic) bond motifs is 1. The summed E-state index contributed by atoms with van der Waals surface area (Å²) in [6.07, 6.45) is 3.26. The Hall–Kier alpha value is -1.83. The Labute approximate surface area is 176 Å². The predicted octanol–water partition coefficient (Wildman–Crippen LogP) is 4.59. The monoisotopic (exact) mass is 433 g/mol. The number of piperidine rings is 1. The van der Waals surface area contributed by atoms with Crippen LogP contribution in [0.4, 0.5) is 0 Å². The van der Waals surface area contributed by atoms with Gasteiger partial charge in [-0.2, -0.15) is 0 Å². The lowest BCUT2D eigenvalue weighted by atomic mass is 10.0. The summed E-state index contributed by atoms with van der Waals surface area (Å²) in [6, 6.07) is 9.24. The number of likely N-dealkylation sites (tertiary alicyclic amines) is 1. The van der Waals surface area contributed by atoms with E-state index in [2.05, 4.69) is 11.9 Å². The molecule has 1 aliphatic rings. The molecule has 0 N–H and O–H groups in total. The molecular formula is C20H20ClN3O2S2. The Morgan fingerprint density at radius 3 is 3.00 bits per heavy atom. The van der Waals surface area contributed by atoms with Gasteiger partial charge in [-0.15, -0.1) is 11.3 Å². The average molecular weight is 434 g/mol. The molecule has 1 fully saturated rings. The third-order valence-electron chi connectivity index (χ3n) is 4.96. The molecule has 0 unspecified atom stereocenters. The summed E-state index contributed by atoms with van der Waals surface area (Å²) in [5.41, 5.74) is 1.18. The number of thioether (sulfide) groups is 1. The van der Waals surface area contributed by atoms with Crippen molar-refractivity contribution < 1.29 is 4.79 Å². The molecule has 1 amide bonds. The fraction of sp³-hybridized carbons (Fsp3) is 0.350. The zero-order valence-electron chi connectivity index (χ0n) is 15.4. The first-order valence-electron chi connectivity index (χ1n) is 9.23. The van der Waals surface area contributed by atoms with Crippen LogP contribution >= 0.6 is 34.7 Å². The van der Waals surface area contributed by atoms with Gasteiger partial charge in [-0.05, 0) is 55.8 Å². The van der Waals surface area contributed by atoms with Crippen molar-refractivity contribution in [3.05, 3.63) is 51.1 Å². The van der Waals surface area contributed by atoms with Crippen LogP contribution in [0.5, 0.6) is 0 Å². The Kier molecular flexibility index (Phi) is 5.75. The molecule has 0 spiro atoms. The van der Waals surface area contributed by atoms with E-state index in [1.807, 2.05) is 22.4 Å². The van der Waals surface area contributed by atoms with E-state index in [0.717, 1.165) is 19.4 Å². The molecule has 146 valence electrons. The number of rotatable bonds is 4. The SMILES string of the molecule is C[C@H]1CCCCN1C(=O)CSc1nc2ccsc2c(=O)n1-c1cccc(Cl)c1. The van der Waals surface area contributed by atoms with Crippen molar-refractivity contribution in [2.75, 3.05) is 12.3 Å². The number of nitrogens with zero attached hydrogens (tertiary/aromatic N) is 3. The van der Waals surface area contributed by atoms with Gasteiger partial charge in [-0.3, -0.25) is 14.2 Å². The van der Waals surface area contributed by atoms with Gasteiger partial charge in [-0.25, -0.2) is 4.98 Å². The van der Waals surface area contributed by atoms with Crippen LogP contribution in [0.25, 0.3) is 15.9 Å². The Balaban J connectivity index is 1.68. The maximum atomic E-state index is 13.1. The minimum absolute atomic E-state index is 0.0921. The lowest BCUT2D eigenvalue weighted by molar-refractivity contribution is -0.131. The van der Waals surface area contributed by atoms with Crippen LogP contribution in [0, 0.1) is 0 Å². The van der Waals surface area contributed by atoms with Crippen molar-refractivity contribution in [3.63, 3.8) is 0 Å². The van der Waals surface area contributed by atoms with Crippen molar-refractivity contribution >= 4 is 50.8 Å². The topological polar surface area (TPSA) is 55.2 Å². The highest BCUT2D eigenvalue weighted by molar-refractivity contribution is 7.99. The van der Waals surface area contributed by atoms with E-state index in [1.165, 1.54) is 29.5 Å². The summed E-state index contributed by atoms with van der Waals surface area (Å²) in [6.45, 7) is 2.90. The second-order valence-corrected chi connectivity index (χ2v) is 9.17. The van der Waals surface area contributed by atoms with E-state index in [1.54, 1.807) is 22.8 Å². The van der Waals surface area contributed by atoms with E-state index < -0.39 is 0 Å². The summed E-state index contributed by atoms with van der Waals surface area (Å²) in [5, 5.41) is 2.91. The van der Waals surface area contributed by atoms with Gasteiger partial charge in [0.1, 0.15) is 4.70 Å². The van der Waals surface area contributed by atoms with Gasteiger partial charge in [0.15, 0.2) is 5.16 Å². The standard InChI is InChI=1S/C20H20ClN3O2S2/c1-13-5-2-3-9-23(13)17(25)12-28-20-22-16-8-10-27-18(16)19(26)24(20)15-7-4-6-14(21)11-15/h4,6-8,10-11,13H,2-3,5,9,12H2,1H3/t13-/m0/s1. The molecule has 0 saturated carbocycles. The number of carbonyl (C=O) groups excluding carboxylic acids is 1. The zero-order chi connectivity index (χ0) is 19.7. The largest absolute Gasteiger partial charge is 0.339 e. The number of hydrogen-bond donors (Lipinski definition) is 0. The highest BCUT2D eigenvalue weighted by Crippen LogP contribution is 2.26. The first kappa shape index (κ1) is 19.5. The predicted molar refractivity (Wildman–Crippen MR) is 116 cm³/mol. The smallest absolute Gasteiger partial charge is 0.276 e. The zero-order valence-corrected chi connectivity index (χ0v) is 17.8. The summed E-state index contributed by atoms with van der Waals surface area (Å²) < 4.78 is 2.16. The van der Waals surface area contributed by atoms with Gasteiger partial charge in [-0.1, -0.05) is 29.4 Å². The fourth-order valence-electron chi connectivity index (χ4n) is 3.51. The Bertz CT molecular complexity index is 1080. The summed E-state index contributed by atoms with van der Waals surface area (Å²) in [7, 11) is 0. The molecule has 0 radical (unpaired) electrons. The molecule has 1 aromatic carbocycles. The van der Waals surface area contributed by atoms with Crippen molar-refractivity contribution in [1.82, 2.24) is 14.5 Å². The molecule has 1 saturated heterocycles. The third kappa shape index (κ3) is 3.83. The van der Waals surface area contributed by atoms with Crippen molar-refractivity contribution in [3.8, 4) is 5.69 Å². The number of aromatic nitrogens is 2. The minimum Gasteiger partial charge on any atom is -0.339 e. The van der Waals surface area contributed by atoms with Gasteiger partial charge in [0, 0.05) is 17.6 Å². The van der Waals surface area contributed by atoms with E-state index in [0.29, 0.717) is 26.1 Å². The molecule has 5 nitrogen and oxygen atoms in total. The van der Waals surface area contributed by atoms with Gasteiger partial charge in [0.05, 0.1) is 17.0 Å². The van der Waals surface area contributed by atoms with Crippen LogP contribution in [0.1, 0.15) is 26.2 Å². The molecule has 3 aromatic rings. The highest BCUT2D eigenvalue weighted by Gasteiger charge is 2.24. The van der Waals surface area contributed by atoms with Gasteiger partial charge in [0.2, 0.25) is 5.91 Å². The van der Waals surface area contributed by atoms with Crippen LogP contribution in [-0.2, 0) is 4.79 Å². The normalized spacial score (nSPS) is 17.2. The quantitative estimate of drug-likeness (QED) is 0.446. The number of carbonyl (C=O) groups is 1. The third-order valence-corrected chi connectivity index (χ3v) is 7.01. The Morgan fingerprint density at radius 1 is 1.36 bits per heavy atom. The number of thiophene rings is 1. The first-order chi connectivity index (χ1) is 13.5. The highest BCUT2D eigenvalue weighted by atomic mass is 35.5. The van der Waals surface area contributed by atoms with Crippen LogP contribution in [-0.4, -0.2) is 38.7 Å². The molecular weight excluding hydrogens is 414 g/mol. The Morgan fingerprint density at radius 2 is 2.21 bits per heavy atom. The van der Waals surface area contributed by atoms with E-state index in [-0.39, 0.29) is 23.3 Å². The molecule has 2 aromatic heterocycles. The second kappa shape index (κ2) is 8.27. The molecule has 0 aliphatic carbocycles. The molecule has 8 heteroatoms.